The molecule has 0 aliphatic rings. The molecule has 0 fully saturated rings. The van der Waals surface area contributed by atoms with E-state index in [4.69, 9.17) is 10.00 Å². The minimum atomic E-state index is -0.232. The lowest BCUT2D eigenvalue weighted by Gasteiger charge is -2.21. The van der Waals surface area contributed by atoms with Gasteiger partial charge in [-0.3, -0.25) is 0 Å². The zero-order valence-corrected chi connectivity index (χ0v) is 12.2. The number of unbranched alkanes of at least 4 members (excludes halogenated alkanes) is 1. The van der Waals surface area contributed by atoms with Crippen molar-refractivity contribution in [2.75, 3.05) is 6.61 Å². The molecule has 0 saturated heterocycles. The third kappa shape index (κ3) is 8.49. The molecule has 0 aromatic heterocycles. The van der Waals surface area contributed by atoms with Crippen LogP contribution in [0.4, 0.5) is 0 Å². The van der Waals surface area contributed by atoms with Gasteiger partial charge in [-0.2, -0.15) is 5.26 Å². The van der Waals surface area contributed by atoms with Crippen molar-refractivity contribution in [3.05, 3.63) is 0 Å². The van der Waals surface area contributed by atoms with Gasteiger partial charge in [0, 0.05) is 12.5 Å². The second-order valence-corrected chi connectivity index (χ2v) is 4.96. The van der Waals surface area contributed by atoms with Crippen LogP contribution in [-0.4, -0.2) is 23.9 Å². The summed E-state index contributed by atoms with van der Waals surface area (Å²) in [5.41, 5.74) is 0. The van der Waals surface area contributed by atoms with Crippen LogP contribution in [0, 0.1) is 17.2 Å². The van der Waals surface area contributed by atoms with Crippen LogP contribution in [-0.2, 0) is 4.74 Å². The number of hydrogen-bond acceptors (Lipinski definition) is 3. The van der Waals surface area contributed by atoms with Crippen LogP contribution in [0.3, 0.4) is 0 Å². The summed E-state index contributed by atoms with van der Waals surface area (Å²) in [4.78, 5) is 0. The molecule has 0 bridgehead atoms. The smallest absolute Gasteiger partial charge is 0.0656 e. The number of aliphatic hydroxyl groups is 1. The van der Waals surface area contributed by atoms with E-state index >= 15 is 0 Å². The first kappa shape index (κ1) is 17.4. The molecule has 1 N–H and O–H groups in total. The van der Waals surface area contributed by atoms with Crippen molar-refractivity contribution in [3.8, 4) is 6.07 Å². The van der Waals surface area contributed by atoms with Crippen LogP contribution in [0.2, 0.25) is 0 Å². The van der Waals surface area contributed by atoms with Gasteiger partial charge in [0.05, 0.1) is 18.3 Å². The predicted octanol–water partition coefficient (Wildman–Crippen LogP) is 3.66. The summed E-state index contributed by atoms with van der Waals surface area (Å²) >= 11 is 0. The van der Waals surface area contributed by atoms with Gasteiger partial charge in [-0.05, 0) is 38.5 Å². The van der Waals surface area contributed by atoms with E-state index < -0.39 is 0 Å². The Morgan fingerprint density at radius 2 is 1.89 bits per heavy atom. The number of nitriles is 1. The highest BCUT2D eigenvalue weighted by Gasteiger charge is 2.16. The fourth-order valence-corrected chi connectivity index (χ4v) is 1.87. The highest BCUT2D eigenvalue weighted by Crippen LogP contribution is 2.18. The highest BCUT2D eigenvalue weighted by molar-refractivity contribution is 4.84. The van der Waals surface area contributed by atoms with E-state index in [2.05, 4.69) is 13.0 Å². The number of hydrogen-bond donors (Lipinski definition) is 1. The van der Waals surface area contributed by atoms with Gasteiger partial charge in [-0.1, -0.05) is 27.2 Å². The van der Waals surface area contributed by atoms with E-state index in [0.29, 0.717) is 0 Å². The standard InChI is InChI=1S/C15H29NO2/c1-4-7-10-18-15(9-8-14(17)6-3)11-13(5-2)12-16/h13-15,17H,4-11H2,1-3H3. The van der Waals surface area contributed by atoms with Gasteiger partial charge < -0.3 is 9.84 Å². The number of rotatable bonds is 11. The van der Waals surface area contributed by atoms with Crippen molar-refractivity contribution < 1.29 is 9.84 Å². The molecule has 0 radical (unpaired) electrons. The van der Waals surface area contributed by atoms with Crippen molar-refractivity contribution in [1.82, 2.24) is 0 Å². The molecule has 3 heteroatoms. The first-order valence-electron chi connectivity index (χ1n) is 7.37. The summed E-state index contributed by atoms with van der Waals surface area (Å²) in [6.07, 6.45) is 6.18. The molecule has 3 nitrogen and oxygen atoms in total. The second-order valence-electron chi connectivity index (χ2n) is 4.96. The molecule has 3 atom stereocenters. The van der Waals surface area contributed by atoms with Gasteiger partial charge >= 0.3 is 0 Å². The molecule has 0 aromatic rings. The molecule has 18 heavy (non-hydrogen) atoms. The molecule has 106 valence electrons. The Balaban J connectivity index is 4.10. The largest absolute Gasteiger partial charge is 0.393 e. The summed E-state index contributed by atoms with van der Waals surface area (Å²) in [7, 11) is 0. The Labute approximate surface area is 112 Å². The molecule has 0 heterocycles. The van der Waals surface area contributed by atoms with Crippen molar-refractivity contribution >= 4 is 0 Å². The molecular weight excluding hydrogens is 226 g/mol. The Morgan fingerprint density at radius 1 is 1.17 bits per heavy atom. The summed E-state index contributed by atoms with van der Waals surface area (Å²) in [5, 5.41) is 18.6. The van der Waals surface area contributed by atoms with Crippen LogP contribution < -0.4 is 0 Å². The molecule has 0 rings (SSSR count). The van der Waals surface area contributed by atoms with Gasteiger partial charge in [0.2, 0.25) is 0 Å². The van der Waals surface area contributed by atoms with E-state index in [1.807, 2.05) is 13.8 Å². The second kappa shape index (κ2) is 11.5. The maximum absolute atomic E-state index is 9.61. The zero-order valence-electron chi connectivity index (χ0n) is 12.2. The topological polar surface area (TPSA) is 53.2 Å². The van der Waals surface area contributed by atoms with Crippen molar-refractivity contribution in [1.29, 1.82) is 5.26 Å². The first-order valence-corrected chi connectivity index (χ1v) is 7.37. The fraction of sp³-hybridized carbons (Fsp3) is 0.933. The van der Waals surface area contributed by atoms with Crippen LogP contribution in [0.25, 0.3) is 0 Å². The van der Waals surface area contributed by atoms with Crippen molar-refractivity contribution in [2.45, 2.75) is 77.9 Å². The first-order chi connectivity index (χ1) is 8.67. The Bertz CT molecular complexity index is 225. The van der Waals surface area contributed by atoms with E-state index in [1.54, 1.807) is 0 Å². The van der Waals surface area contributed by atoms with E-state index in [0.717, 1.165) is 51.6 Å². The Kier molecular flexibility index (Phi) is 11.1. The number of aliphatic hydroxyl groups excluding tert-OH is 1. The predicted molar refractivity (Wildman–Crippen MR) is 74.2 cm³/mol. The van der Waals surface area contributed by atoms with Crippen LogP contribution >= 0.6 is 0 Å². The molecule has 0 aliphatic heterocycles. The maximum Gasteiger partial charge on any atom is 0.0656 e. The van der Waals surface area contributed by atoms with E-state index in [-0.39, 0.29) is 18.1 Å². The lowest BCUT2D eigenvalue weighted by atomic mass is 9.96. The van der Waals surface area contributed by atoms with Gasteiger partial charge in [0.1, 0.15) is 0 Å². The van der Waals surface area contributed by atoms with Crippen molar-refractivity contribution in [2.24, 2.45) is 5.92 Å². The molecule has 0 aromatic carbocycles. The number of nitrogens with zero attached hydrogens (tertiary/aromatic N) is 1. The minimum absolute atomic E-state index is 0.0791. The van der Waals surface area contributed by atoms with Crippen LogP contribution in [0.5, 0.6) is 0 Å². The normalized spacial score (nSPS) is 15.9. The van der Waals surface area contributed by atoms with Crippen molar-refractivity contribution in [3.63, 3.8) is 0 Å². The van der Waals surface area contributed by atoms with Gasteiger partial charge in [0.15, 0.2) is 0 Å². The molecular formula is C15H29NO2. The average Bonchev–Trinajstić information content (AvgIpc) is 2.40. The number of ether oxygens (including phenoxy) is 1. The molecule has 0 amide bonds. The summed E-state index contributed by atoms with van der Waals surface area (Å²) < 4.78 is 5.85. The highest BCUT2D eigenvalue weighted by atomic mass is 16.5. The zero-order chi connectivity index (χ0) is 13.8. The monoisotopic (exact) mass is 255 g/mol. The molecule has 3 unspecified atom stereocenters. The summed E-state index contributed by atoms with van der Waals surface area (Å²) in [6.45, 7) is 6.94. The fourth-order valence-electron chi connectivity index (χ4n) is 1.87. The van der Waals surface area contributed by atoms with Gasteiger partial charge in [-0.25, -0.2) is 0 Å². The summed E-state index contributed by atoms with van der Waals surface area (Å²) in [6, 6.07) is 2.33. The van der Waals surface area contributed by atoms with Gasteiger partial charge in [-0.15, -0.1) is 0 Å². The van der Waals surface area contributed by atoms with Crippen LogP contribution in [0.1, 0.15) is 65.7 Å². The molecule has 0 saturated carbocycles. The average molecular weight is 255 g/mol. The quantitative estimate of drug-likeness (QED) is 0.573. The SMILES string of the molecule is CCCCOC(CCC(O)CC)CC(C#N)CC. The minimum Gasteiger partial charge on any atom is -0.393 e. The van der Waals surface area contributed by atoms with E-state index in [1.165, 1.54) is 0 Å². The Morgan fingerprint density at radius 3 is 2.39 bits per heavy atom. The third-order valence-corrected chi connectivity index (χ3v) is 3.37. The van der Waals surface area contributed by atoms with E-state index in [9.17, 15) is 5.11 Å². The lowest BCUT2D eigenvalue weighted by Crippen LogP contribution is -2.20. The van der Waals surface area contributed by atoms with Gasteiger partial charge in [0.25, 0.3) is 0 Å². The van der Waals surface area contributed by atoms with Crippen LogP contribution in [0.15, 0.2) is 0 Å². The Hall–Kier alpha value is -0.590. The molecule has 0 spiro atoms. The maximum atomic E-state index is 9.61. The molecule has 0 aliphatic carbocycles. The summed E-state index contributed by atoms with van der Waals surface area (Å²) in [5.74, 6) is 0.0791. The lowest BCUT2D eigenvalue weighted by molar-refractivity contribution is 0.0216. The third-order valence-electron chi connectivity index (χ3n) is 3.37.